The average Bonchev–Trinajstić information content (AvgIpc) is 2.57. The summed E-state index contributed by atoms with van der Waals surface area (Å²) in [5, 5.41) is 3.11. The van der Waals surface area contributed by atoms with Crippen LogP contribution >= 0.6 is 12.2 Å². The van der Waals surface area contributed by atoms with E-state index >= 15 is 0 Å². The number of para-hydroxylation sites is 1. The molecule has 2 aromatic rings. The standard InChI is InChI=1S/C16H18N2O2S.C2H4/c17-16(21)18-13-6-4-9-15(12-13)20-11-5-10-19-14-7-2-1-3-8-14;1-2/h1-4,6-9,12H,5,10-11H2,(H3,17,18,21);1-2H2. The molecule has 0 saturated heterocycles. The topological polar surface area (TPSA) is 56.5 Å². The lowest BCUT2D eigenvalue weighted by atomic mass is 10.3. The highest BCUT2D eigenvalue weighted by atomic mass is 32.1. The molecule has 0 bridgehead atoms. The summed E-state index contributed by atoms with van der Waals surface area (Å²) in [7, 11) is 0. The quantitative estimate of drug-likeness (QED) is 0.457. The molecule has 0 fully saturated rings. The van der Waals surface area contributed by atoms with E-state index in [2.05, 4.69) is 18.5 Å². The number of nitrogens with one attached hydrogen (secondary N) is 1. The van der Waals surface area contributed by atoms with Crippen molar-refractivity contribution in [2.75, 3.05) is 18.5 Å². The van der Waals surface area contributed by atoms with Gasteiger partial charge in [-0.05, 0) is 36.5 Å². The first kappa shape index (κ1) is 18.5. The minimum absolute atomic E-state index is 0.239. The van der Waals surface area contributed by atoms with Crippen molar-refractivity contribution in [2.24, 2.45) is 5.73 Å². The zero-order chi connectivity index (χ0) is 16.9. The van der Waals surface area contributed by atoms with Crippen LogP contribution in [0.3, 0.4) is 0 Å². The summed E-state index contributed by atoms with van der Waals surface area (Å²) in [6.07, 6.45) is 0.807. The number of benzene rings is 2. The minimum atomic E-state index is 0.239. The predicted molar refractivity (Wildman–Crippen MR) is 100 cm³/mol. The van der Waals surface area contributed by atoms with Crippen molar-refractivity contribution in [2.45, 2.75) is 6.42 Å². The third-order valence-corrected chi connectivity index (χ3v) is 2.77. The molecular weight excluding hydrogens is 308 g/mol. The molecule has 0 heterocycles. The number of ether oxygens (including phenoxy) is 2. The van der Waals surface area contributed by atoms with Crippen molar-refractivity contribution >= 4 is 23.0 Å². The fourth-order valence-corrected chi connectivity index (χ4v) is 1.88. The Kier molecular flexibility index (Phi) is 8.93. The molecule has 0 aliphatic heterocycles. The predicted octanol–water partition coefficient (Wildman–Crippen LogP) is 3.99. The van der Waals surface area contributed by atoms with Gasteiger partial charge in [0.15, 0.2) is 5.11 Å². The first-order chi connectivity index (χ1) is 11.2. The van der Waals surface area contributed by atoms with Gasteiger partial charge in [-0.3, -0.25) is 0 Å². The van der Waals surface area contributed by atoms with E-state index in [0.717, 1.165) is 23.6 Å². The molecule has 4 nitrogen and oxygen atoms in total. The second kappa shape index (κ2) is 11.1. The van der Waals surface area contributed by atoms with Crippen LogP contribution in [0.5, 0.6) is 11.5 Å². The number of nitrogens with two attached hydrogens (primary N) is 1. The highest BCUT2D eigenvalue weighted by Gasteiger charge is 1.98. The van der Waals surface area contributed by atoms with Crippen LogP contribution in [0.4, 0.5) is 5.69 Å². The number of rotatable bonds is 7. The lowest BCUT2D eigenvalue weighted by Gasteiger charge is -2.09. The molecule has 5 heteroatoms. The highest BCUT2D eigenvalue weighted by Crippen LogP contribution is 2.17. The first-order valence-electron chi connectivity index (χ1n) is 7.21. The molecular formula is C18H22N2O2S. The van der Waals surface area contributed by atoms with Crippen LogP contribution in [0.2, 0.25) is 0 Å². The number of hydrogen-bond donors (Lipinski definition) is 2. The lowest BCUT2D eigenvalue weighted by Crippen LogP contribution is -2.18. The van der Waals surface area contributed by atoms with E-state index in [1.54, 1.807) is 0 Å². The largest absolute Gasteiger partial charge is 0.493 e. The van der Waals surface area contributed by atoms with E-state index in [0.29, 0.717) is 13.2 Å². The van der Waals surface area contributed by atoms with Gasteiger partial charge in [0.25, 0.3) is 0 Å². The minimum Gasteiger partial charge on any atom is -0.493 e. The van der Waals surface area contributed by atoms with Crippen LogP contribution in [0.25, 0.3) is 0 Å². The molecule has 0 aromatic heterocycles. The SMILES string of the molecule is C=C.NC(=S)Nc1cccc(OCCCOc2ccccc2)c1. The van der Waals surface area contributed by atoms with E-state index in [4.69, 9.17) is 27.4 Å². The van der Waals surface area contributed by atoms with Gasteiger partial charge in [-0.15, -0.1) is 13.2 Å². The summed E-state index contributed by atoms with van der Waals surface area (Å²) in [5.74, 6) is 1.65. The monoisotopic (exact) mass is 330 g/mol. The Bertz CT molecular complexity index is 591. The summed E-state index contributed by atoms with van der Waals surface area (Å²) < 4.78 is 11.3. The van der Waals surface area contributed by atoms with Gasteiger partial charge < -0.3 is 20.5 Å². The van der Waals surface area contributed by atoms with Crippen LogP contribution in [0.1, 0.15) is 6.42 Å². The maximum atomic E-state index is 5.66. The first-order valence-corrected chi connectivity index (χ1v) is 7.62. The van der Waals surface area contributed by atoms with Crippen LogP contribution in [0, 0.1) is 0 Å². The molecule has 0 spiro atoms. The van der Waals surface area contributed by atoms with Crippen molar-refractivity contribution < 1.29 is 9.47 Å². The molecule has 23 heavy (non-hydrogen) atoms. The number of anilines is 1. The molecule has 0 radical (unpaired) electrons. The average molecular weight is 330 g/mol. The van der Waals surface area contributed by atoms with Gasteiger partial charge in [0.1, 0.15) is 11.5 Å². The van der Waals surface area contributed by atoms with Gasteiger partial charge in [-0.1, -0.05) is 24.3 Å². The zero-order valence-corrected chi connectivity index (χ0v) is 13.9. The molecule has 0 unspecified atom stereocenters. The molecule has 0 aliphatic carbocycles. The third kappa shape index (κ3) is 7.87. The summed E-state index contributed by atoms with van der Waals surface area (Å²) in [5.41, 5.74) is 6.25. The smallest absolute Gasteiger partial charge is 0.168 e. The van der Waals surface area contributed by atoms with Gasteiger partial charge in [0, 0.05) is 18.2 Å². The Morgan fingerprint density at radius 3 is 2.22 bits per heavy atom. The van der Waals surface area contributed by atoms with Crippen LogP contribution in [-0.4, -0.2) is 18.3 Å². The highest BCUT2D eigenvalue weighted by molar-refractivity contribution is 7.80. The van der Waals surface area contributed by atoms with Gasteiger partial charge >= 0.3 is 0 Å². The maximum absolute atomic E-state index is 5.66. The second-order valence-electron chi connectivity index (χ2n) is 4.38. The number of hydrogen-bond acceptors (Lipinski definition) is 3. The molecule has 0 aliphatic rings. The summed E-state index contributed by atoms with van der Waals surface area (Å²) in [6.45, 7) is 7.21. The van der Waals surface area contributed by atoms with E-state index in [1.165, 1.54) is 0 Å². The van der Waals surface area contributed by atoms with Crippen LogP contribution < -0.4 is 20.5 Å². The number of thiocarbonyl (C=S) groups is 1. The summed E-state index contributed by atoms with van der Waals surface area (Å²) in [6, 6.07) is 17.3. The Hall–Kier alpha value is -2.53. The zero-order valence-electron chi connectivity index (χ0n) is 13.0. The molecule has 0 amide bonds. The van der Waals surface area contributed by atoms with E-state index in [9.17, 15) is 0 Å². The molecule has 0 saturated carbocycles. The van der Waals surface area contributed by atoms with Crippen molar-refractivity contribution in [3.05, 3.63) is 67.8 Å². The molecule has 122 valence electrons. The van der Waals surface area contributed by atoms with Gasteiger partial charge in [0.2, 0.25) is 0 Å². The maximum Gasteiger partial charge on any atom is 0.168 e. The molecule has 3 N–H and O–H groups in total. The third-order valence-electron chi connectivity index (χ3n) is 2.67. The lowest BCUT2D eigenvalue weighted by molar-refractivity contribution is 0.247. The Labute approximate surface area is 142 Å². The summed E-state index contributed by atoms with van der Waals surface area (Å²) >= 11 is 4.80. The van der Waals surface area contributed by atoms with Crippen molar-refractivity contribution in [1.29, 1.82) is 0 Å². The Balaban J connectivity index is 0.00000127. The Morgan fingerprint density at radius 2 is 1.57 bits per heavy atom. The Morgan fingerprint density at radius 1 is 0.957 bits per heavy atom. The van der Waals surface area contributed by atoms with Crippen LogP contribution in [-0.2, 0) is 0 Å². The van der Waals surface area contributed by atoms with Crippen molar-refractivity contribution in [3.8, 4) is 11.5 Å². The molecule has 2 rings (SSSR count). The van der Waals surface area contributed by atoms with E-state index in [-0.39, 0.29) is 5.11 Å². The van der Waals surface area contributed by atoms with Gasteiger partial charge in [-0.2, -0.15) is 0 Å². The fraction of sp³-hybridized carbons (Fsp3) is 0.167. The van der Waals surface area contributed by atoms with Gasteiger partial charge in [0.05, 0.1) is 13.2 Å². The fourth-order valence-electron chi connectivity index (χ4n) is 1.76. The normalized spacial score (nSPS) is 9.22. The van der Waals surface area contributed by atoms with Gasteiger partial charge in [-0.25, -0.2) is 0 Å². The van der Waals surface area contributed by atoms with Crippen LogP contribution in [0.15, 0.2) is 67.8 Å². The summed E-state index contributed by atoms with van der Waals surface area (Å²) in [4.78, 5) is 0. The van der Waals surface area contributed by atoms with Crippen molar-refractivity contribution in [1.82, 2.24) is 0 Å². The van der Waals surface area contributed by atoms with E-state index in [1.807, 2.05) is 54.6 Å². The van der Waals surface area contributed by atoms with E-state index < -0.39 is 0 Å². The molecule has 2 aromatic carbocycles. The van der Waals surface area contributed by atoms with Crippen molar-refractivity contribution in [3.63, 3.8) is 0 Å². The second-order valence-corrected chi connectivity index (χ2v) is 4.82. The molecule has 0 atom stereocenters.